The molecule has 0 aliphatic carbocycles. The average Bonchev–Trinajstić information content (AvgIpc) is 2.80. The van der Waals surface area contributed by atoms with Gasteiger partial charge in [-0.2, -0.15) is 5.06 Å². The second kappa shape index (κ2) is 5.70. The van der Waals surface area contributed by atoms with Crippen molar-refractivity contribution in [2.45, 2.75) is 25.3 Å². The Morgan fingerprint density at radius 3 is 3.17 bits per heavy atom. The van der Waals surface area contributed by atoms with Gasteiger partial charge in [-0.25, -0.2) is 0 Å². The Kier molecular flexibility index (Phi) is 3.53. The van der Waals surface area contributed by atoms with E-state index in [0.29, 0.717) is 13.0 Å². The molecule has 4 rings (SSSR count). The lowest BCUT2D eigenvalue weighted by atomic mass is 9.87. The summed E-state index contributed by atoms with van der Waals surface area (Å²) in [6.45, 7) is 1.33. The van der Waals surface area contributed by atoms with Crippen LogP contribution >= 0.6 is 0 Å². The van der Waals surface area contributed by atoms with Crippen LogP contribution in [0.5, 0.6) is 0 Å². The maximum absolute atomic E-state index is 12.3. The van der Waals surface area contributed by atoms with Crippen LogP contribution in [0.25, 0.3) is 21.3 Å². The van der Waals surface area contributed by atoms with Gasteiger partial charge in [-0.15, -0.1) is 0 Å². The van der Waals surface area contributed by atoms with E-state index in [2.05, 4.69) is 21.1 Å². The van der Waals surface area contributed by atoms with E-state index in [1.54, 1.807) is 0 Å². The summed E-state index contributed by atoms with van der Waals surface area (Å²) in [6, 6.07) is 7.94. The minimum absolute atomic E-state index is 0.216. The maximum atomic E-state index is 12.3. The van der Waals surface area contributed by atoms with Gasteiger partial charge in [0.25, 0.3) is 0 Å². The summed E-state index contributed by atoms with van der Waals surface area (Å²) in [6.07, 6.45) is 2.31. The zero-order valence-electron chi connectivity index (χ0n) is 12.6. The van der Waals surface area contributed by atoms with Gasteiger partial charge in [0, 0.05) is 34.0 Å². The Hall–Kier alpha value is -2.34. The number of aromatic amines is 1. The number of benzene rings is 1. The van der Waals surface area contributed by atoms with Gasteiger partial charge in [0.05, 0.1) is 12.6 Å². The van der Waals surface area contributed by atoms with Crippen molar-refractivity contribution in [2.75, 3.05) is 13.2 Å². The Bertz CT molecular complexity index is 808. The van der Waals surface area contributed by atoms with Crippen LogP contribution in [-0.4, -0.2) is 29.1 Å². The molecule has 2 aliphatic rings. The summed E-state index contributed by atoms with van der Waals surface area (Å²) >= 11 is 0. The fourth-order valence-corrected chi connectivity index (χ4v) is 3.81. The summed E-state index contributed by atoms with van der Waals surface area (Å²) in [5, 5.41) is 6.44. The van der Waals surface area contributed by atoms with Crippen LogP contribution in [0, 0.1) is 5.92 Å². The Balaban J connectivity index is 1.85. The highest BCUT2D eigenvalue weighted by molar-refractivity contribution is 5.86. The van der Waals surface area contributed by atoms with Gasteiger partial charge in [-0.3, -0.25) is 9.63 Å². The van der Waals surface area contributed by atoms with E-state index in [1.165, 1.54) is 10.9 Å². The van der Waals surface area contributed by atoms with E-state index in [0.717, 1.165) is 30.6 Å². The molecule has 1 aromatic heterocycles. The normalized spacial score (nSPS) is 24.3. The van der Waals surface area contributed by atoms with Gasteiger partial charge in [-0.1, -0.05) is 18.2 Å². The first-order valence-electron chi connectivity index (χ1n) is 7.87. The molecule has 0 saturated carbocycles. The van der Waals surface area contributed by atoms with Crippen molar-refractivity contribution in [3.05, 3.63) is 46.0 Å². The lowest BCUT2D eigenvalue weighted by Crippen LogP contribution is -2.39. The number of hydrogen-bond donors (Lipinski definition) is 1. The molecular weight excluding hydrogens is 294 g/mol. The molecule has 3 heterocycles. The van der Waals surface area contributed by atoms with Crippen molar-refractivity contribution in [1.29, 1.82) is 0 Å². The number of carbonyl (C=O) groups is 1. The summed E-state index contributed by atoms with van der Waals surface area (Å²) < 4.78 is 0. The largest absolute Gasteiger partial charge is 0.357 e. The zero-order chi connectivity index (χ0) is 15.8. The Morgan fingerprint density at radius 1 is 1.43 bits per heavy atom. The number of hydroxylamine groups is 2. The van der Waals surface area contributed by atoms with Crippen LogP contribution in [-0.2, 0) is 16.1 Å². The number of hydrogen-bond acceptors (Lipinski definition) is 3. The molecular formula is C16H17N5O2. The second-order valence-corrected chi connectivity index (χ2v) is 6.01. The first kappa shape index (κ1) is 14.3. The molecule has 1 amide bonds. The standard InChI is InChI=1S/C16H17N5O2/c17-20-19-16(22)12-5-3-9-23-21-8-7-11-10-4-1-2-6-13(10)18-14(11)15(12)21/h1-2,4,6,12,15,18H,3,5,7-9H2/t12-,15-/m0/s1. The highest BCUT2D eigenvalue weighted by Crippen LogP contribution is 2.42. The lowest BCUT2D eigenvalue weighted by molar-refractivity contribution is -0.193. The molecule has 0 bridgehead atoms. The van der Waals surface area contributed by atoms with Crippen LogP contribution in [0.15, 0.2) is 29.4 Å². The third kappa shape index (κ3) is 2.30. The quantitative estimate of drug-likeness (QED) is 0.497. The molecule has 1 aromatic carbocycles. The highest BCUT2D eigenvalue weighted by atomic mass is 16.7. The van der Waals surface area contributed by atoms with Crippen molar-refractivity contribution >= 4 is 16.8 Å². The third-order valence-corrected chi connectivity index (χ3v) is 4.79. The average molecular weight is 311 g/mol. The van der Waals surface area contributed by atoms with Crippen LogP contribution < -0.4 is 0 Å². The van der Waals surface area contributed by atoms with Crippen LogP contribution in [0.1, 0.15) is 30.1 Å². The summed E-state index contributed by atoms with van der Waals surface area (Å²) in [5.41, 5.74) is 12.0. The van der Waals surface area contributed by atoms with Gasteiger partial charge in [0.2, 0.25) is 5.91 Å². The number of nitrogens with one attached hydrogen (secondary N) is 1. The minimum atomic E-state index is -0.403. The number of aromatic nitrogens is 1. The predicted octanol–water partition coefficient (Wildman–Crippen LogP) is 3.25. The molecule has 0 spiro atoms. The second-order valence-electron chi connectivity index (χ2n) is 6.01. The monoisotopic (exact) mass is 311 g/mol. The number of H-pyrrole nitrogens is 1. The summed E-state index contributed by atoms with van der Waals surface area (Å²) in [5.74, 6) is -0.778. The van der Waals surface area contributed by atoms with E-state index in [-0.39, 0.29) is 12.0 Å². The number of azide groups is 1. The van der Waals surface area contributed by atoms with Crippen molar-refractivity contribution in [3.8, 4) is 0 Å². The van der Waals surface area contributed by atoms with Crippen molar-refractivity contribution in [2.24, 2.45) is 11.0 Å². The van der Waals surface area contributed by atoms with E-state index in [9.17, 15) is 4.79 Å². The van der Waals surface area contributed by atoms with E-state index >= 15 is 0 Å². The predicted molar refractivity (Wildman–Crippen MR) is 84.3 cm³/mol. The number of para-hydroxylation sites is 1. The molecule has 2 atom stereocenters. The molecule has 0 unspecified atom stereocenters. The summed E-state index contributed by atoms with van der Waals surface area (Å²) in [4.78, 5) is 24.3. The maximum Gasteiger partial charge on any atom is 0.224 e. The molecule has 7 heteroatoms. The van der Waals surface area contributed by atoms with E-state index < -0.39 is 5.91 Å². The molecule has 23 heavy (non-hydrogen) atoms. The molecule has 118 valence electrons. The van der Waals surface area contributed by atoms with Crippen LogP contribution in [0.4, 0.5) is 0 Å². The Labute approximate surface area is 132 Å². The van der Waals surface area contributed by atoms with Gasteiger partial charge in [-0.05, 0) is 41.5 Å². The molecule has 1 saturated heterocycles. The summed E-state index contributed by atoms with van der Waals surface area (Å²) in [7, 11) is 0. The zero-order valence-corrected chi connectivity index (χ0v) is 12.6. The van der Waals surface area contributed by atoms with Crippen LogP contribution in [0.2, 0.25) is 0 Å². The van der Waals surface area contributed by atoms with Crippen molar-refractivity contribution < 1.29 is 9.63 Å². The fraction of sp³-hybridized carbons (Fsp3) is 0.438. The minimum Gasteiger partial charge on any atom is -0.357 e. The molecule has 1 N–H and O–H groups in total. The topological polar surface area (TPSA) is 94.1 Å². The number of nitrogens with zero attached hydrogens (tertiary/aromatic N) is 4. The SMILES string of the molecule is [N-]=[N+]=NC(=O)[C@H]1CCCON2CCc3c([nH]c4ccccc34)[C@H]12. The number of fused-ring (bicyclic) bond motifs is 5. The molecule has 2 aromatic rings. The van der Waals surface area contributed by atoms with E-state index in [1.807, 2.05) is 23.3 Å². The smallest absolute Gasteiger partial charge is 0.224 e. The molecule has 1 fully saturated rings. The van der Waals surface area contributed by atoms with Gasteiger partial charge < -0.3 is 4.98 Å². The van der Waals surface area contributed by atoms with Crippen LogP contribution in [0.3, 0.4) is 0 Å². The third-order valence-electron chi connectivity index (χ3n) is 4.79. The van der Waals surface area contributed by atoms with Gasteiger partial charge in [0.15, 0.2) is 0 Å². The molecule has 2 aliphatic heterocycles. The lowest BCUT2D eigenvalue weighted by Gasteiger charge is -2.36. The molecule has 0 radical (unpaired) electrons. The first-order chi connectivity index (χ1) is 11.3. The molecule has 7 nitrogen and oxygen atoms in total. The van der Waals surface area contributed by atoms with Crippen molar-refractivity contribution in [3.63, 3.8) is 0 Å². The number of amides is 1. The number of carbonyl (C=O) groups excluding carboxylic acids is 1. The fourth-order valence-electron chi connectivity index (χ4n) is 3.81. The first-order valence-corrected chi connectivity index (χ1v) is 7.87. The van der Waals surface area contributed by atoms with Gasteiger partial charge >= 0.3 is 0 Å². The highest BCUT2D eigenvalue weighted by Gasteiger charge is 2.41. The van der Waals surface area contributed by atoms with Gasteiger partial charge in [0.1, 0.15) is 0 Å². The Morgan fingerprint density at radius 2 is 2.30 bits per heavy atom. The van der Waals surface area contributed by atoms with E-state index in [4.69, 9.17) is 10.4 Å². The number of rotatable bonds is 1. The van der Waals surface area contributed by atoms with Crippen molar-refractivity contribution in [1.82, 2.24) is 10.0 Å².